The molecule has 1 aromatic carbocycles. The lowest BCUT2D eigenvalue weighted by atomic mass is 10.1. The van der Waals surface area contributed by atoms with Crippen molar-refractivity contribution in [2.45, 2.75) is 39.2 Å². The van der Waals surface area contributed by atoms with Crippen molar-refractivity contribution in [1.82, 2.24) is 0 Å². The zero-order valence-electron chi connectivity index (χ0n) is 11.3. The molecule has 0 saturated heterocycles. The van der Waals surface area contributed by atoms with E-state index in [2.05, 4.69) is 0 Å². The van der Waals surface area contributed by atoms with E-state index in [4.69, 9.17) is 26.8 Å². The van der Waals surface area contributed by atoms with E-state index < -0.39 is 0 Å². The molecule has 4 heteroatoms. The predicted molar refractivity (Wildman–Crippen MR) is 75.8 cm³/mol. The molecule has 0 aliphatic carbocycles. The zero-order valence-corrected chi connectivity index (χ0v) is 12.1. The summed E-state index contributed by atoms with van der Waals surface area (Å²) in [5, 5.41) is 0.725. The molecule has 0 fully saturated rings. The Labute approximate surface area is 114 Å². The summed E-state index contributed by atoms with van der Waals surface area (Å²) in [5.74, 6) is 1.49. The van der Waals surface area contributed by atoms with Gasteiger partial charge in [-0.1, -0.05) is 11.6 Å². The van der Waals surface area contributed by atoms with Crippen LogP contribution in [0.1, 0.15) is 32.3 Å². The molecule has 3 nitrogen and oxygen atoms in total. The smallest absolute Gasteiger partial charge is 0.166 e. The highest BCUT2D eigenvalue weighted by Crippen LogP contribution is 2.37. The third-order valence-electron chi connectivity index (χ3n) is 2.62. The molecule has 1 aromatic rings. The summed E-state index contributed by atoms with van der Waals surface area (Å²) < 4.78 is 11.2. The third kappa shape index (κ3) is 4.07. The molecule has 0 amide bonds. The molecule has 18 heavy (non-hydrogen) atoms. The van der Waals surface area contributed by atoms with Crippen LogP contribution in [0, 0.1) is 0 Å². The maximum atomic E-state index is 6.25. The number of halogens is 1. The lowest BCUT2D eigenvalue weighted by molar-refractivity contribution is 0.227. The van der Waals surface area contributed by atoms with Gasteiger partial charge in [0.2, 0.25) is 0 Å². The summed E-state index contributed by atoms with van der Waals surface area (Å²) in [5.41, 5.74) is 6.53. The number of hydrogen-bond donors (Lipinski definition) is 1. The molecule has 0 aromatic heterocycles. The lowest BCUT2D eigenvalue weighted by Gasteiger charge is -2.18. The molecule has 0 spiro atoms. The van der Waals surface area contributed by atoms with Crippen molar-refractivity contribution in [2.75, 3.05) is 13.7 Å². The molecule has 0 aliphatic rings. The zero-order chi connectivity index (χ0) is 13.5. The molecule has 102 valence electrons. The molecule has 0 aliphatic heterocycles. The number of methoxy groups -OCH3 is 1. The minimum absolute atomic E-state index is 0.0885. The van der Waals surface area contributed by atoms with E-state index in [1.54, 1.807) is 7.11 Å². The van der Waals surface area contributed by atoms with Crippen LogP contribution < -0.4 is 15.2 Å². The standard InChI is InChI=1S/C14H22ClNO2/c1-10(2)18-14-11(6-4-5-9-16)12(15)7-8-13(14)17-3/h7-8,10H,4-6,9,16H2,1-3H3. The van der Waals surface area contributed by atoms with Gasteiger partial charge in [0.05, 0.1) is 13.2 Å². The second-order valence-electron chi connectivity index (χ2n) is 4.47. The van der Waals surface area contributed by atoms with Crippen molar-refractivity contribution < 1.29 is 9.47 Å². The monoisotopic (exact) mass is 271 g/mol. The highest BCUT2D eigenvalue weighted by molar-refractivity contribution is 6.31. The number of ether oxygens (including phenoxy) is 2. The van der Waals surface area contributed by atoms with E-state index in [-0.39, 0.29) is 6.10 Å². The third-order valence-corrected chi connectivity index (χ3v) is 2.98. The summed E-state index contributed by atoms with van der Waals surface area (Å²) >= 11 is 6.25. The van der Waals surface area contributed by atoms with Gasteiger partial charge in [-0.15, -0.1) is 0 Å². The Morgan fingerprint density at radius 1 is 1.28 bits per heavy atom. The first-order valence-electron chi connectivity index (χ1n) is 6.32. The van der Waals surface area contributed by atoms with E-state index >= 15 is 0 Å². The quantitative estimate of drug-likeness (QED) is 0.773. The average Bonchev–Trinajstić information content (AvgIpc) is 2.32. The summed E-state index contributed by atoms with van der Waals surface area (Å²) in [7, 11) is 1.64. The van der Waals surface area contributed by atoms with Crippen molar-refractivity contribution >= 4 is 11.6 Å². The SMILES string of the molecule is COc1ccc(Cl)c(CCCCN)c1OC(C)C. The Kier molecular flexibility index (Phi) is 6.30. The largest absolute Gasteiger partial charge is 0.493 e. The van der Waals surface area contributed by atoms with E-state index in [9.17, 15) is 0 Å². The second-order valence-corrected chi connectivity index (χ2v) is 4.88. The molecule has 0 unspecified atom stereocenters. The van der Waals surface area contributed by atoms with E-state index in [1.165, 1.54) is 0 Å². The van der Waals surface area contributed by atoms with Gasteiger partial charge in [-0.2, -0.15) is 0 Å². The molecule has 0 saturated carbocycles. The average molecular weight is 272 g/mol. The van der Waals surface area contributed by atoms with Gasteiger partial charge in [-0.25, -0.2) is 0 Å². The topological polar surface area (TPSA) is 44.5 Å². The number of nitrogens with two attached hydrogens (primary N) is 1. The van der Waals surface area contributed by atoms with Gasteiger partial charge >= 0.3 is 0 Å². The van der Waals surface area contributed by atoms with Gasteiger partial charge in [-0.05, 0) is 51.8 Å². The fraction of sp³-hybridized carbons (Fsp3) is 0.571. The molecular weight excluding hydrogens is 250 g/mol. The Morgan fingerprint density at radius 2 is 2.00 bits per heavy atom. The second kappa shape index (κ2) is 7.49. The van der Waals surface area contributed by atoms with Gasteiger partial charge in [0.25, 0.3) is 0 Å². The fourth-order valence-electron chi connectivity index (χ4n) is 1.79. The molecule has 0 atom stereocenters. The van der Waals surface area contributed by atoms with Crippen LogP contribution in [-0.2, 0) is 6.42 Å². The Hall–Kier alpha value is -0.930. The van der Waals surface area contributed by atoms with Gasteiger partial charge in [0, 0.05) is 10.6 Å². The van der Waals surface area contributed by atoms with Crippen molar-refractivity contribution in [3.63, 3.8) is 0 Å². The summed E-state index contributed by atoms with van der Waals surface area (Å²) in [4.78, 5) is 0. The number of hydrogen-bond acceptors (Lipinski definition) is 3. The fourth-order valence-corrected chi connectivity index (χ4v) is 2.03. The first-order valence-corrected chi connectivity index (χ1v) is 6.70. The van der Waals surface area contributed by atoms with Crippen LogP contribution in [0.5, 0.6) is 11.5 Å². The summed E-state index contributed by atoms with van der Waals surface area (Å²) in [6.45, 7) is 4.68. The van der Waals surface area contributed by atoms with Crippen LogP contribution >= 0.6 is 11.6 Å². The molecular formula is C14H22ClNO2. The van der Waals surface area contributed by atoms with Gasteiger partial charge in [0.1, 0.15) is 0 Å². The van der Waals surface area contributed by atoms with Crippen LogP contribution in [0.3, 0.4) is 0 Å². The highest BCUT2D eigenvalue weighted by atomic mass is 35.5. The van der Waals surface area contributed by atoms with E-state index in [0.717, 1.165) is 41.3 Å². The molecule has 1 rings (SSSR count). The maximum absolute atomic E-state index is 6.25. The van der Waals surface area contributed by atoms with Gasteiger partial charge < -0.3 is 15.2 Å². The molecule has 2 N–H and O–H groups in total. The van der Waals surface area contributed by atoms with Crippen LogP contribution in [0.25, 0.3) is 0 Å². The Bertz CT molecular complexity index is 380. The molecule has 0 heterocycles. The maximum Gasteiger partial charge on any atom is 0.166 e. The molecule has 0 radical (unpaired) electrons. The van der Waals surface area contributed by atoms with Crippen molar-refractivity contribution in [3.8, 4) is 11.5 Å². The summed E-state index contributed by atoms with van der Waals surface area (Å²) in [6, 6.07) is 3.69. The minimum atomic E-state index is 0.0885. The first kappa shape index (κ1) is 15.1. The van der Waals surface area contributed by atoms with Crippen molar-refractivity contribution in [1.29, 1.82) is 0 Å². The minimum Gasteiger partial charge on any atom is -0.493 e. The van der Waals surface area contributed by atoms with Crippen LogP contribution in [0.15, 0.2) is 12.1 Å². The Balaban J connectivity index is 3.01. The Morgan fingerprint density at radius 3 is 2.56 bits per heavy atom. The van der Waals surface area contributed by atoms with Crippen LogP contribution in [-0.4, -0.2) is 19.8 Å². The predicted octanol–water partition coefficient (Wildman–Crippen LogP) is 3.42. The first-order chi connectivity index (χ1) is 8.60. The van der Waals surface area contributed by atoms with Crippen molar-refractivity contribution in [2.24, 2.45) is 5.73 Å². The van der Waals surface area contributed by atoms with Crippen molar-refractivity contribution in [3.05, 3.63) is 22.7 Å². The van der Waals surface area contributed by atoms with Crippen LogP contribution in [0.2, 0.25) is 5.02 Å². The van der Waals surface area contributed by atoms with E-state index in [1.807, 2.05) is 26.0 Å². The van der Waals surface area contributed by atoms with E-state index in [0.29, 0.717) is 6.54 Å². The highest BCUT2D eigenvalue weighted by Gasteiger charge is 2.15. The lowest BCUT2D eigenvalue weighted by Crippen LogP contribution is -2.09. The number of rotatable bonds is 7. The normalized spacial score (nSPS) is 10.8. The van der Waals surface area contributed by atoms with Crippen LogP contribution in [0.4, 0.5) is 0 Å². The number of benzene rings is 1. The molecule has 0 bridgehead atoms. The summed E-state index contributed by atoms with van der Waals surface area (Å²) in [6.07, 6.45) is 2.92. The number of unbranched alkanes of at least 4 members (excludes halogenated alkanes) is 1. The van der Waals surface area contributed by atoms with Gasteiger partial charge in [-0.3, -0.25) is 0 Å². The van der Waals surface area contributed by atoms with Gasteiger partial charge in [0.15, 0.2) is 11.5 Å².